The number of carbonyl (C=O) groups excluding carboxylic acids is 2. The molecule has 0 aromatic heterocycles. The van der Waals surface area contributed by atoms with Gasteiger partial charge < -0.3 is 9.64 Å². The number of Topliss-reactive ketones (excluding diaryl/α,β-unsaturated/α-hetero) is 1. The average Bonchev–Trinajstić information content (AvgIpc) is 1.98. The molecule has 0 rings (SSSR count). The Morgan fingerprint density at radius 3 is 1.94 bits per heavy atom. The Hall–Kier alpha value is -1.27. The Kier molecular flexibility index (Phi) is 4.34. The molecule has 0 aromatic carbocycles. The summed E-state index contributed by atoms with van der Waals surface area (Å²) in [5.41, 5.74) is -0.813. The van der Waals surface area contributed by atoms with Gasteiger partial charge in [-0.3, -0.25) is 4.79 Å². The minimum atomic E-state index is -4.93. The van der Waals surface area contributed by atoms with Crippen molar-refractivity contribution in [2.45, 2.75) is 32.5 Å². The predicted octanol–water partition coefficient (Wildman–Crippen LogP) is 1.98. The van der Waals surface area contributed by atoms with Crippen LogP contribution in [-0.2, 0) is 9.53 Å². The van der Waals surface area contributed by atoms with E-state index in [1.807, 2.05) is 0 Å². The summed E-state index contributed by atoms with van der Waals surface area (Å²) < 4.78 is 40.4. The number of amides is 1. The van der Waals surface area contributed by atoms with Crippen LogP contribution < -0.4 is 0 Å². The summed E-state index contributed by atoms with van der Waals surface area (Å²) in [7, 11) is 1.07. The first kappa shape index (κ1) is 14.7. The number of rotatable bonds is 2. The van der Waals surface area contributed by atoms with Crippen molar-refractivity contribution in [2.75, 3.05) is 13.6 Å². The van der Waals surface area contributed by atoms with E-state index in [9.17, 15) is 22.8 Å². The van der Waals surface area contributed by atoms with Crippen LogP contribution in [0.2, 0.25) is 0 Å². The third kappa shape index (κ3) is 5.57. The molecule has 0 spiro atoms. The molecule has 0 aliphatic carbocycles. The Labute approximate surface area is 91.4 Å². The highest BCUT2D eigenvalue weighted by atomic mass is 19.4. The number of hydrogen-bond acceptors (Lipinski definition) is 3. The second-order valence-electron chi connectivity index (χ2n) is 4.26. The van der Waals surface area contributed by atoms with Crippen molar-refractivity contribution in [3.05, 3.63) is 0 Å². The molecule has 0 saturated carbocycles. The van der Waals surface area contributed by atoms with Gasteiger partial charge in [0.2, 0.25) is 0 Å². The number of nitrogens with zero attached hydrogens (tertiary/aromatic N) is 1. The lowest BCUT2D eigenvalue weighted by molar-refractivity contribution is -0.171. The standard InChI is InChI=1S/C9H14F3NO3/c1-8(2,3)16-7(15)13(4)5-6(14)9(10,11)12/h5H2,1-4H3. The van der Waals surface area contributed by atoms with E-state index in [0.29, 0.717) is 4.90 Å². The molecule has 0 unspecified atom stereocenters. The van der Waals surface area contributed by atoms with Gasteiger partial charge in [0.25, 0.3) is 5.78 Å². The summed E-state index contributed by atoms with van der Waals surface area (Å²) in [5.74, 6) is -1.99. The maximum absolute atomic E-state index is 11.9. The predicted molar refractivity (Wildman–Crippen MR) is 49.9 cm³/mol. The molecule has 4 nitrogen and oxygen atoms in total. The van der Waals surface area contributed by atoms with Gasteiger partial charge in [0, 0.05) is 7.05 Å². The smallest absolute Gasteiger partial charge is 0.444 e. The van der Waals surface area contributed by atoms with E-state index in [2.05, 4.69) is 0 Å². The molecule has 1 amide bonds. The van der Waals surface area contributed by atoms with E-state index in [1.165, 1.54) is 0 Å². The van der Waals surface area contributed by atoms with E-state index in [4.69, 9.17) is 4.74 Å². The van der Waals surface area contributed by atoms with Crippen LogP contribution in [0.4, 0.5) is 18.0 Å². The molecule has 0 aliphatic heterocycles. The van der Waals surface area contributed by atoms with E-state index in [1.54, 1.807) is 20.8 Å². The second kappa shape index (κ2) is 4.71. The Morgan fingerprint density at radius 1 is 1.19 bits per heavy atom. The van der Waals surface area contributed by atoms with Gasteiger partial charge in [-0.1, -0.05) is 0 Å². The molecule has 0 atom stereocenters. The summed E-state index contributed by atoms with van der Waals surface area (Å²) >= 11 is 0. The van der Waals surface area contributed by atoms with Crippen LogP contribution in [-0.4, -0.2) is 42.1 Å². The molecule has 16 heavy (non-hydrogen) atoms. The van der Waals surface area contributed by atoms with Crippen LogP contribution in [0.5, 0.6) is 0 Å². The SMILES string of the molecule is CN(CC(=O)C(F)(F)F)C(=O)OC(C)(C)C. The maximum atomic E-state index is 11.9. The minimum absolute atomic E-state index is 0.584. The van der Waals surface area contributed by atoms with Gasteiger partial charge in [0.05, 0.1) is 6.54 Å². The number of likely N-dealkylation sites (N-methyl/N-ethyl adjacent to an activating group) is 1. The lowest BCUT2D eigenvalue weighted by Crippen LogP contribution is -2.40. The van der Waals surface area contributed by atoms with Gasteiger partial charge in [-0.05, 0) is 20.8 Å². The van der Waals surface area contributed by atoms with Gasteiger partial charge in [0.1, 0.15) is 5.60 Å². The summed E-state index contributed by atoms with van der Waals surface area (Å²) in [6.07, 6.45) is -5.90. The van der Waals surface area contributed by atoms with Crippen molar-refractivity contribution in [2.24, 2.45) is 0 Å². The van der Waals surface area contributed by atoms with Crippen LogP contribution in [0.3, 0.4) is 0 Å². The van der Waals surface area contributed by atoms with Crippen LogP contribution >= 0.6 is 0 Å². The molecular weight excluding hydrogens is 227 g/mol. The lowest BCUT2D eigenvalue weighted by Gasteiger charge is -2.24. The minimum Gasteiger partial charge on any atom is -0.444 e. The van der Waals surface area contributed by atoms with Crippen molar-refractivity contribution >= 4 is 11.9 Å². The van der Waals surface area contributed by atoms with Crippen molar-refractivity contribution < 1.29 is 27.5 Å². The van der Waals surface area contributed by atoms with Crippen molar-refractivity contribution in [3.63, 3.8) is 0 Å². The van der Waals surface area contributed by atoms with Crippen molar-refractivity contribution in [1.29, 1.82) is 0 Å². The molecule has 0 fully saturated rings. The van der Waals surface area contributed by atoms with E-state index >= 15 is 0 Å². The first-order valence-corrected chi connectivity index (χ1v) is 4.47. The average molecular weight is 241 g/mol. The summed E-state index contributed by atoms with van der Waals surface area (Å²) in [6.45, 7) is 3.68. The van der Waals surface area contributed by atoms with Crippen molar-refractivity contribution in [3.8, 4) is 0 Å². The molecule has 0 aliphatic rings. The molecule has 0 saturated heterocycles. The second-order valence-corrected chi connectivity index (χ2v) is 4.26. The molecule has 94 valence electrons. The molecule has 0 bridgehead atoms. The zero-order chi connectivity index (χ0) is 13.1. The Morgan fingerprint density at radius 2 is 1.62 bits per heavy atom. The monoisotopic (exact) mass is 241 g/mol. The fourth-order valence-electron chi connectivity index (χ4n) is 0.709. The Balaban J connectivity index is 4.33. The van der Waals surface area contributed by atoms with Crippen LogP contribution in [0.1, 0.15) is 20.8 Å². The normalized spacial score (nSPS) is 12.2. The third-order valence-electron chi connectivity index (χ3n) is 1.40. The summed E-state index contributed by atoms with van der Waals surface area (Å²) in [6, 6.07) is 0. The largest absolute Gasteiger partial charge is 0.451 e. The van der Waals surface area contributed by atoms with Crippen molar-refractivity contribution in [1.82, 2.24) is 4.90 Å². The number of ether oxygens (including phenoxy) is 1. The Bertz CT molecular complexity index is 281. The molecule has 0 heterocycles. The molecule has 7 heteroatoms. The fourth-order valence-corrected chi connectivity index (χ4v) is 0.709. The van der Waals surface area contributed by atoms with Gasteiger partial charge in [-0.2, -0.15) is 13.2 Å². The highest BCUT2D eigenvalue weighted by Crippen LogP contribution is 2.17. The topological polar surface area (TPSA) is 46.6 Å². The van der Waals surface area contributed by atoms with E-state index in [0.717, 1.165) is 7.05 Å². The maximum Gasteiger partial charge on any atom is 0.451 e. The van der Waals surface area contributed by atoms with Gasteiger partial charge in [-0.15, -0.1) is 0 Å². The molecule has 0 radical (unpaired) electrons. The van der Waals surface area contributed by atoms with Gasteiger partial charge >= 0.3 is 12.3 Å². The van der Waals surface area contributed by atoms with Crippen LogP contribution in [0.15, 0.2) is 0 Å². The zero-order valence-corrected chi connectivity index (χ0v) is 9.51. The van der Waals surface area contributed by atoms with Gasteiger partial charge in [0.15, 0.2) is 0 Å². The molecular formula is C9H14F3NO3. The van der Waals surface area contributed by atoms with Crippen LogP contribution in [0, 0.1) is 0 Å². The number of ketones is 1. The van der Waals surface area contributed by atoms with Crippen LogP contribution in [0.25, 0.3) is 0 Å². The first-order valence-electron chi connectivity index (χ1n) is 4.47. The molecule has 0 aromatic rings. The highest BCUT2D eigenvalue weighted by Gasteiger charge is 2.39. The van der Waals surface area contributed by atoms with E-state index < -0.39 is 30.2 Å². The number of halogens is 3. The molecule has 0 N–H and O–H groups in total. The van der Waals surface area contributed by atoms with Gasteiger partial charge in [-0.25, -0.2) is 4.79 Å². The number of alkyl halides is 3. The summed E-state index contributed by atoms with van der Waals surface area (Å²) in [5, 5.41) is 0. The summed E-state index contributed by atoms with van der Waals surface area (Å²) in [4.78, 5) is 22.4. The van der Waals surface area contributed by atoms with E-state index in [-0.39, 0.29) is 0 Å². The third-order valence-corrected chi connectivity index (χ3v) is 1.40. The first-order chi connectivity index (χ1) is 6.93. The quantitative estimate of drug-likeness (QED) is 0.742. The highest BCUT2D eigenvalue weighted by molar-refractivity contribution is 5.88. The zero-order valence-electron chi connectivity index (χ0n) is 9.51. The fraction of sp³-hybridized carbons (Fsp3) is 0.778. The lowest BCUT2D eigenvalue weighted by atomic mass is 10.2. The number of hydrogen-bond donors (Lipinski definition) is 0. The number of carbonyl (C=O) groups is 2.